The molecule has 80 valence electrons. The first-order chi connectivity index (χ1) is 6.37. The molecule has 4 heteroatoms. The second-order valence-electron chi connectivity index (χ2n) is 4.51. The van der Waals surface area contributed by atoms with E-state index >= 15 is 0 Å². The van der Waals surface area contributed by atoms with Gasteiger partial charge >= 0.3 is 5.97 Å². The highest BCUT2D eigenvalue weighted by molar-refractivity contribution is 5.89. The maximum absolute atomic E-state index is 11.5. The molecule has 4 nitrogen and oxygen atoms in total. The lowest BCUT2D eigenvalue weighted by molar-refractivity contribution is -0.140. The van der Waals surface area contributed by atoms with Crippen LogP contribution in [0.25, 0.3) is 0 Å². The number of hydrogen-bond donors (Lipinski definition) is 2. The van der Waals surface area contributed by atoms with Gasteiger partial charge in [0.25, 0.3) is 0 Å². The van der Waals surface area contributed by atoms with E-state index < -0.39 is 11.9 Å². The van der Waals surface area contributed by atoms with Gasteiger partial charge in [0.2, 0.25) is 5.91 Å². The molecular weight excluding hydrogens is 182 g/mol. The standard InChI is InChI=1S/C10H17NO3/c1-4-10(2,3)11-8(12)6-5-7(6)9(13)14/h6-7H,4-5H2,1-3H3,(H,11,12)(H,13,14). The molecule has 0 spiro atoms. The van der Waals surface area contributed by atoms with Gasteiger partial charge in [0.15, 0.2) is 0 Å². The van der Waals surface area contributed by atoms with Gasteiger partial charge in [-0.1, -0.05) is 6.92 Å². The van der Waals surface area contributed by atoms with Gasteiger partial charge in [0, 0.05) is 5.54 Å². The molecule has 1 aliphatic carbocycles. The predicted molar refractivity (Wildman–Crippen MR) is 51.7 cm³/mol. The molecule has 0 bridgehead atoms. The van der Waals surface area contributed by atoms with Crippen molar-refractivity contribution in [3.63, 3.8) is 0 Å². The number of carbonyl (C=O) groups is 2. The van der Waals surface area contributed by atoms with Crippen LogP contribution in [-0.4, -0.2) is 22.5 Å². The summed E-state index contributed by atoms with van der Waals surface area (Å²) in [7, 11) is 0. The van der Waals surface area contributed by atoms with Crippen molar-refractivity contribution in [1.82, 2.24) is 5.32 Å². The number of carbonyl (C=O) groups excluding carboxylic acids is 1. The van der Waals surface area contributed by atoms with Gasteiger partial charge in [-0.05, 0) is 26.7 Å². The number of carboxylic acid groups (broad SMARTS) is 1. The topological polar surface area (TPSA) is 66.4 Å². The summed E-state index contributed by atoms with van der Waals surface area (Å²) in [5.41, 5.74) is -0.233. The van der Waals surface area contributed by atoms with Crippen LogP contribution < -0.4 is 5.32 Å². The van der Waals surface area contributed by atoms with Crippen LogP contribution in [0, 0.1) is 11.8 Å². The van der Waals surface area contributed by atoms with Crippen LogP contribution in [0.3, 0.4) is 0 Å². The first-order valence-corrected chi connectivity index (χ1v) is 4.92. The van der Waals surface area contributed by atoms with E-state index in [1.54, 1.807) is 0 Å². The number of carboxylic acids is 1. The third-order valence-electron chi connectivity index (χ3n) is 2.79. The van der Waals surface area contributed by atoms with Gasteiger partial charge in [-0.25, -0.2) is 0 Å². The van der Waals surface area contributed by atoms with E-state index in [2.05, 4.69) is 5.32 Å². The summed E-state index contributed by atoms with van der Waals surface area (Å²) in [6, 6.07) is 0. The van der Waals surface area contributed by atoms with E-state index in [1.807, 2.05) is 20.8 Å². The van der Waals surface area contributed by atoms with Crippen LogP contribution in [-0.2, 0) is 9.59 Å². The van der Waals surface area contributed by atoms with Crippen molar-refractivity contribution in [1.29, 1.82) is 0 Å². The summed E-state index contributed by atoms with van der Waals surface area (Å²) < 4.78 is 0. The molecule has 0 aromatic rings. The lowest BCUT2D eigenvalue weighted by Crippen LogP contribution is -2.44. The van der Waals surface area contributed by atoms with Crippen molar-refractivity contribution >= 4 is 11.9 Å². The van der Waals surface area contributed by atoms with Crippen LogP contribution in [0.15, 0.2) is 0 Å². The molecule has 1 fully saturated rings. The summed E-state index contributed by atoms with van der Waals surface area (Å²) in [5.74, 6) is -1.75. The summed E-state index contributed by atoms with van der Waals surface area (Å²) in [4.78, 5) is 22.1. The molecule has 0 radical (unpaired) electrons. The van der Waals surface area contributed by atoms with Crippen molar-refractivity contribution in [3.8, 4) is 0 Å². The minimum Gasteiger partial charge on any atom is -0.481 e. The van der Waals surface area contributed by atoms with E-state index in [0.717, 1.165) is 6.42 Å². The predicted octanol–water partition coefficient (Wildman–Crippen LogP) is 1.01. The number of hydrogen-bond acceptors (Lipinski definition) is 2. The molecule has 1 saturated carbocycles. The van der Waals surface area contributed by atoms with Gasteiger partial charge < -0.3 is 10.4 Å². The molecule has 0 aromatic heterocycles. The maximum atomic E-state index is 11.5. The van der Waals surface area contributed by atoms with Crippen molar-refractivity contribution in [2.45, 2.75) is 39.2 Å². The largest absolute Gasteiger partial charge is 0.481 e. The minimum atomic E-state index is -0.862. The summed E-state index contributed by atoms with van der Waals surface area (Å²) in [6.45, 7) is 5.86. The molecule has 0 heterocycles. The third kappa shape index (κ3) is 2.47. The Bertz CT molecular complexity index is 260. The summed E-state index contributed by atoms with van der Waals surface area (Å²) >= 11 is 0. The van der Waals surface area contributed by atoms with E-state index in [-0.39, 0.29) is 17.4 Å². The molecule has 0 aliphatic heterocycles. The number of amides is 1. The van der Waals surface area contributed by atoms with Crippen LogP contribution >= 0.6 is 0 Å². The van der Waals surface area contributed by atoms with E-state index in [4.69, 9.17) is 5.11 Å². The Morgan fingerprint density at radius 1 is 1.43 bits per heavy atom. The highest BCUT2D eigenvalue weighted by atomic mass is 16.4. The number of rotatable bonds is 4. The van der Waals surface area contributed by atoms with Gasteiger partial charge in [0.1, 0.15) is 0 Å². The van der Waals surface area contributed by atoms with E-state index in [1.165, 1.54) is 0 Å². The lowest BCUT2D eigenvalue weighted by atomic mass is 10.0. The summed E-state index contributed by atoms with van der Waals surface area (Å²) in [6.07, 6.45) is 1.32. The molecule has 2 unspecified atom stereocenters. The molecule has 2 N–H and O–H groups in total. The fraction of sp³-hybridized carbons (Fsp3) is 0.800. The molecule has 0 saturated heterocycles. The Morgan fingerprint density at radius 2 is 2.00 bits per heavy atom. The van der Waals surface area contributed by atoms with Crippen molar-refractivity contribution in [2.24, 2.45) is 11.8 Å². The first-order valence-electron chi connectivity index (χ1n) is 4.92. The van der Waals surface area contributed by atoms with E-state index in [9.17, 15) is 9.59 Å². The Hall–Kier alpha value is -1.06. The average Bonchev–Trinajstić information content (AvgIpc) is 2.82. The minimum absolute atomic E-state index is 0.121. The molecule has 1 aliphatic rings. The first kappa shape index (κ1) is 11.0. The normalized spacial score (nSPS) is 25.6. The number of nitrogens with one attached hydrogen (secondary N) is 1. The maximum Gasteiger partial charge on any atom is 0.307 e. The second-order valence-corrected chi connectivity index (χ2v) is 4.51. The van der Waals surface area contributed by atoms with Gasteiger partial charge in [-0.3, -0.25) is 9.59 Å². The SMILES string of the molecule is CCC(C)(C)NC(=O)C1CC1C(=O)O. The highest BCUT2D eigenvalue weighted by Crippen LogP contribution is 2.39. The van der Waals surface area contributed by atoms with Crippen LogP contribution in [0.5, 0.6) is 0 Å². The molecule has 14 heavy (non-hydrogen) atoms. The van der Waals surface area contributed by atoms with Gasteiger partial charge in [0.05, 0.1) is 11.8 Å². The smallest absolute Gasteiger partial charge is 0.307 e. The fourth-order valence-corrected chi connectivity index (χ4v) is 1.27. The molecule has 0 aromatic carbocycles. The highest BCUT2D eigenvalue weighted by Gasteiger charge is 2.48. The third-order valence-corrected chi connectivity index (χ3v) is 2.79. The van der Waals surface area contributed by atoms with Crippen molar-refractivity contribution in [3.05, 3.63) is 0 Å². The van der Waals surface area contributed by atoms with Crippen molar-refractivity contribution in [2.75, 3.05) is 0 Å². The Labute approximate surface area is 83.7 Å². The fourth-order valence-electron chi connectivity index (χ4n) is 1.27. The lowest BCUT2D eigenvalue weighted by Gasteiger charge is -2.24. The average molecular weight is 199 g/mol. The second kappa shape index (κ2) is 3.59. The van der Waals surface area contributed by atoms with Crippen LogP contribution in [0.1, 0.15) is 33.6 Å². The molecule has 1 amide bonds. The molecular formula is C10H17NO3. The van der Waals surface area contributed by atoms with Crippen molar-refractivity contribution < 1.29 is 14.7 Å². The number of aliphatic carboxylic acids is 1. The van der Waals surface area contributed by atoms with Crippen LogP contribution in [0.4, 0.5) is 0 Å². The van der Waals surface area contributed by atoms with E-state index in [0.29, 0.717) is 6.42 Å². The molecule has 1 rings (SSSR count). The quantitative estimate of drug-likeness (QED) is 0.710. The van der Waals surface area contributed by atoms with Gasteiger partial charge in [-0.15, -0.1) is 0 Å². The van der Waals surface area contributed by atoms with Gasteiger partial charge in [-0.2, -0.15) is 0 Å². The van der Waals surface area contributed by atoms with Crippen LogP contribution in [0.2, 0.25) is 0 Å². The zero-order valence-electron chi connectivity index (χ0n) is 8.83. The molecule has 2 atom stereocenters. The Balaban J connectivity index is 2.42. The Morgan fingerprint density at radius 3 is 2.36 bits per heavy atom. The monoisotopic (exact) mass is 199 g/mol. The zero-order chi connectivity index (χ0) is 10.9. The summed E-state index contributed by atoms with van der Waals surface area (Å²) in [5, 5.41) is 11.5. The zero-order valence-corrected chi connectivity index (χ0v) is 8.83. The Kier molecular flexibility index (Phi) is 2.83.